The zero-order chi connectivity index (χ0) is 15.9. The Morgan fingerprint density at radius 3 is 2.09 bits per heavy atom. The lowest BCUT2D eigenvalue weighted by Gasteiger charge is -2.07. The quantitative estimate of drug-likeness (QED) is 0.561. The van der Waals surface area contributed by atoms with Crippen LogP contribution in [0.4, 0.5) is 21.9 Å². The van der Waals surface area contributed by atoms with Gasteiger partial charge in [0.1, 0.15) is 0 Å². The largest absolute Gasteiger partial charge is 0.465 e. The number of nitrogens with zero attached hydrogens (tertiary/aromatic N) is 1. The van der Waals surface area contributed by atoms with Crippen LogP contribution in [0.1, 0.15) is 5.56 Å². The number of hydrogen-bond donors (Lipinski definition) is 3. The van der Waals surface area contributed by atoms with Crippen molar-refractivity contribution in [3.05, 3.63) is 64.2 Å². The average Bonchev–Trinajstić information content (AvgIpc) is 2.49. The summed E-state index contributed by atoms with van der Waals surface area (Å²) in [6.07, 6.45) is -0.416. The Labute approximate surface area is 126 Å². The third-order valence-electron chi connectivity index (χ3n) is 3.01. The van der Waals surface area contributed by atoms with Crippen LogP contribution in [0.25, 0.3) is 0 Å². The Bertz CT molecular complexity index is 653. The summed E-state index contributed by atoms with van der Waals surface area (Å²) in [4.78, 5) is 20.5. The molecule has 0 aliphatic rings. The van der Waals surface area contributed by atoms with Crippen LogP contribution in [0.3, 0.4) is 0 Å². The molecule has 0 unspecified atom stereocenters. The topological polar surface area (TPSA) is 104 Å². The molecular weight excluding hydrogens is 286 g/mol. The van der Waals surface area contributed by atoms with E-state index in [1.54, 1.807) is 12.1 Å². The highest BCUT2D eigenvalue weighted by atomic mass is 16.6. The zero-order valence-corrected chi connectivity index (χ0v) is 11.7. The molecule has 0 heterocycles. The van der Waals surface area contributed by atoms with Crippen LogP contribution in [0.15, 0.2) is 48.5 Å². The van der Waals surface area contributed by atoms with E-state index in [4.69, 9.17) is 5.11 Å². The van der Waals surface area contributed by atoms with Crippen molar-refractivity contribution in [2.24, 2.45) is 0 Å². The molecule has 0 aromatic heterocycles. The third kappa shape index (κ3) is 4.48. The number of carboxylic acid groups (broad SMARTS) is 1. The molecule has 0 saturated carbocycles. The van der Waals surface area contributed by atoms with Crippen LogP contribution in [-0.2, 0) is 6.42 Å². The number of nitro benzene ring substituents is 1. The number of hydrogen-bond acceptors (Lipinski definition) is 4. The summed E-state index contributed by atoms with van der Waals surface area (Å²) in [5.74, 6) is 0. The summed E-state index contributed by atoms with van der Waals surface area (Å²) < 4.78 is 0. The molecule has 114 valence electrons. The van der Waals surface area contributed by atoms with Gasteiger partial charge in [0.2, 0.25) is 0 Å². The first-order chi connectivity index (χ1) is 10.5. The van der Waals surface area contributed by atoms with Gasteiger partial charge in [-0.3, -0.25) is 10.1 Å². The van der Waals surface area contributed by atoms with Crippen LogP contribution in [0.5, 0.6) is 0 Å². The maximum absolute atomic E-state index is 10.6. The van der Waals surface area contributed by atoms with Crippen molar-refractivity contribution in [1.82, 2.24) is 5.32 Å². The molecule has 2 rings (SSSR count). The molecule has 0 saturated heterocycles. The molecule has 0 aliphatic heterocycles. The molecule has 0 atom stereocenters. The predicted molar refractivity (Wildman–Crippen MR) is 82.6 cm³/mol. The van der Waals surface area contributed by atoms with Crippen molar-refractivity contribution in [2.75, 3.05) is 11.9 Å². The molecule has 7 heteroatoms. The molecule has 0 fully saturated rings. The van der Waals surface area contributed by atoms with Crippen LogP contribution in [0.2, 0.25) is 0 Å². The second-order valence-electron chi connectivity index (χ2n) is 4.61. The van der Waals surface area contributed by atoms with E-state index >= 15 is 0 Å². The highest BCUT2D eigenvalue weighted by molar-refractivity contribution is 5.64. The lowest BCUT2D eigenvalue weighted by Crippen LogP contribution is -2.23. The van der Waals surface area contributed by atoms with Gasteiger partial charge in [-0.2, -0.15) is 0 Å². The number of carbonyl (C=O) groups is 1. The number of non-ortho nitro benzene ring substituents is 1. The molecule has 0 radical (unpaired) electrons. The van der Waals surface area contributed by atoms with Crippen molar-refractivity contribution in [1.29, 1.82) is 0 Å². The van der Waals surface area contributed by atoms with E-state index in [0.29, 0.717) is 13.0 Å². The van der Waals surface area contributed by atoms with E-state index in [1.165, 1.54) is 12.1 Å². The maximum Gasteiger partial charge on any atom is 0.404 e. The second-order valence-corrected chi connectivity index (χ2v) is 4.61. The van der Waals surface area contributed by atoms with Gasteiger partial charge in [0.15, 0.2) is 0 Å². The molecule has 0 bridgehead atoms. The minimum absolute atomic E-state index is 0.0480. The molecule has 2 aromatic rings. The minimum atomic E-state index is -1.03. The smallest absolute Gasteiger partial charge is 0.404 e. The van der Waals surface area contributed by atoms with E-state index < -0.39 is 11.0 Å². The number of nitro groups is 1. The van der Waals surface area contributed by atoms with E-state index in [1.807, 2.05) is 24.3 Å². The van der Waals surface area contributed by atoms with Gasteiger partial charge in [-0.1, -0.05) is 12.1 Å². The van der Waals surface area contributed by atoms with Gasteiger partial charge < -0.3 is 15.7 Å². The lowest BCUT2D eigenvalue weighted by atomic mass is 10.1. The Morgan fingerprint density at radius 2 is 1.59 bits per heavy atom. The van der Waals surface area contributed by atoms with Gasteiger partial charge in [0.05, 0.1) is 4.92 Å². The second kappa shape index (κ2) is 7.07. The summed E-state index contributed by atoms with van der Waals surface area (Å²) in [6.45, 7) is 0.366. The maximum atomic E-state index is 10.6. The third-order valence-corrected chi connectivity index (χ3v) is 3.01. The fraction of sp³-hybridized carbons (Fsp3) is 0.133. The van der Waals surface area contributed by atoms with Crippen LogP contribution in [-0.4, -0.2) is 22.7 Å². The highest BCUT2D eigenvalue weighted by Crippen LogP contribution is 2.20. The van der Waals surface area contributed by atoms with Crippen molar-refractivity contribution < 1.29 is 14.8 Å². The van der Waals surface area contributed by atoms with Crippen LogP contribution >= 0.6 is 0 Å². The lowest BCUT2D eigenvalue weighted by molar-refractivity contribution is -0.384. The Balaban J connectivity index is 1.93. The fourth-order valence-electron chi connectivity index (χ4n) is 1.90. The first kappa shape index (κ1) is 15.3. The summed E-state index contributed by atoms with van der Waals surface area (Å²) in [6, 6.07) is 13.7. The van der Waals surface area contributed by atoms with Crippen molar-refractivity contribution in [3.63, 3.8) is 0 Å². The minimum Gasteiger partial charge on any atom is -0.465 e. The number of rotatable bonds is 6. The average molecular weight is 301 g/mol. The number of benzene rings is 2. The highest BCUT2D eigenvalue weighted by Gasteiger charge is 2.04. The Morgan fingerprint density at radius 1 is 1.05 bits per heavy atom. The summed E-state index contributed by atoms with van der Waals surface area (Å²) >= 11 is 0. The van der Waals surface area contributed by atoms with Gasteiger partial charge in [-0.05, 0) is 36.2 Å². The van der Waals surface area contributed by atoms with Gasteiger partial charge in [0.25, 0.3) is 5.69 Å². The molecule has 1 amide bonds. The predicted octanol–water partition coefficient (Wildman–Crippen LogP) is 3.15. The van der Waals surface area contributed by atoms with Crippen LogP contribution < -0.4 is 10.6 Å². The zero-order valence-electron chi connectivity index (χ0n) is 11.7. The molecule has 3 N–H and O–H groups in total. The van der Waals surface area contributed by atoms with Gasteiger partial charge in [-0.15, -0.1) is 0 Å². The van der Waals surface area contributed by atoms with Crippen molar-refractivity contribution in [2.45, 2.75) is 6.42 Å². The molecule has 22 heavy (non-hydrogen) atoms. The number of nitrogens with one attached hydrogen (secondary N) is 2. The molecule has 7 nitrogen and oxygen atoms in total. The van der Waals surface area contributed by atoms with E-state index in [0.717, 1.165) is 16.9 Å². The monoisotopic (exact) mass is 301 g/mol. The summed E-state index contributed by atoms with van der Waals surface area (Å²) in [5, 5.41) is 24.5. The Hall–Kier alpha value is -3.09. The first-order valence-electron chi connectivity index (χ1n) is 6.62. The Kier molecular flexibility index (Phi) is 4.92. The summed E-state index contributed by atoms with van der Waals surface area (Å²) in [7, 11) is 0. The summed E-state index contributed by atoms with van der Waals surface area (Å²) in [5.41, 5.74) is 2.67. The van der Waals surface area contributed by atoms with Gasteiger partial charge in [-0.25, -0.2) is 4.79 Å². The van der Waals surface area contributed by atoms with Gasteiger partial charge >= 0.3 is 6.09 Å². The van der Waals surface area contributed by atoms with Crippen LogP contribution in [0, 0.1) is 10.1 Å². The molecule has 2 aromatic carbocycles. The number of anilines is 2. The molecular formula is C15H15N3O4. The normalized spacial score (nSPS) is 10.0. The van der Waals surface area contributed by atoms with Gasteiger partial charge in [0, 0.05) is 30.1 Å². The van der Waals surface area contributed by atoms with E-state index in [2.05, 4.69) is 10.6 Å². The van der Waals surface area contributed by atoms with E-state index in [-0.39, 0.29) is 5.69 Å². The van der Waals surface area contributed by atoms with Crippen molar-refractivity contribution >= 4 is 23.2 Å². The first-order valence-corrected chi connectivity index (χ1v) is 6.62. The van der Waals surface area contributed by atoms with E-state index in [9.17, 15) is 14.9 Å². The standard InChI is InChI=1S/C15H15N3O4/c19-15(20)16-10-9-11-1-3-12(4-2-11)17-13-5-7-14(8-6-13)18(21)22/h1-8,16-17H,9-10H2,(H,19,20). The molecule has 0 spiro atoms. The SMILES string of the molecule is O=C(O)NCCc1ccc(Nc2ccc([N+](=O)[O-])cc2)cc1. The molecule has 0 aliphatic carbocycles. The number of amides is 1. The fourth-order valence-corrected chi connectivity index (χ4v) is 1.90. The van der Waals surface area contributed by atoms with Crippen molar-refractivity contribution in [3.8, 4) is 0 Å².